The molecule has 0 saturated heterocycles. The molecule has 0 amide bonds. The topological polar surface area (TPSA) is 52.6 Å². The summed E-state index contributed by atoms with van der Waals surface area (Å²) in [6.45, 7) is 2.62. The molecule has 0 bridgehead atoms. The molecule has 4 heteroatoms. The second-order valence-electron chi connectivity index (χ2n) is 3.13. The molecule has 0 aliphatic carbocycles. The van der Waals surface area contributed by atoms with E-state index in [0.717, 1.165) is 12.0 Å². The van der Waals surface area contributed by atoms with Crippen molar-refractivity contribution in [2.24, 2.45) is 0 Å². The standard InChI is InChI=1S/C10H14O4/c1-2-9(11)5-10(12)14-7-8-3-4-13-6-8/h6H,2-5,7H2,1H3. The van der Waals surface area contributed by atoms with E-state index in [1.165, 1.54) is 0 Å². The first-order chi connectivity index (χ1) is 6.72. The van der Waals surface area contributed by atoms with Gasteiger partial charge in [0, 0.05) is 18.4 Å². The van der Waals surface area contributed by atoms with Gasteiger partial charge in [0.1, 0.15) is 18.8 Å². The summed E-state index contributed by atoms with van der Waals surface area (Å²) in [6.07, 6.45) is 2.66. The highest BCUT2D eigenvalue weighted by Crippen LogP contribution is 2.10. The number of ketones is 1. The Morgan fingerprint density at radius 2 is 2.36 bits per heavy atom. The third-order valence-electron chi connectivity index (χ3n) is 1.95. The van der Waals surface area contributed by atoms with E-state index in [2.05, 4.69) is 0 Å². The molecule has 0 spiro atoms. The van der Waals surface area contributed by atoms with Gasteiger partial charge in [-0.15, -0.1) is 0 Å². The number of hydrogen-bond donors (Lipinski definition) is 0. The molecule has 0 aromatic carbocycles. The van der Waals surface area contributed by atoms with E-state index in [9.17, 15) is 9.59 Å². The van der Waals surface area contributed by atoms with E-state index < -0.39 is 5.97 Å². The average Bonchev–Trinajstić information content (AvgIpc) is 2.67. The zero-order chi connectivity index (χ0) is 10.4. The highest BCUT2D eigenvalue weighted by Gasteiger charge is 2.11. The molecule has 1 aliphatic rings. The Balaban J connectivity index is 2.17. The molecule has 0 saturated carbocycles. The maximum Gasteiger partial charge on any atom is 0.313 e. The second kappa shape index (κ2) is 5.42. The molecule has 0 unspecified atom stereocenters. The van der Waals surface area contributed by atoms with Crippen molar-refractivity contribution in [3.05, 3.63) is 11.8 Å². The van der Waals surface area contributed by atoms with Crippen LogP contribution in [0.2, 0.25) is 0 Å². The molecular weight excluding hydrogens is 184 g/mol. The van der Waals surface area contributed by atoms with Crippen LogP contribution in [0.25, 0.3) is 0 Å². The first kappa shape index (κ1) is 10.8. The maximum absolute atomic E-state index is 11.1. The normalized spacial score (nSPS) is 14.5. The number of carbonyl (C=O) groups excluding carboxylic acids is 2. The van der Waals surface area contributed by atoms with Crippen LogP contribution >= 0.6 is 0 Å². The van der Waals surface area contributed by atoms with Gasteiger partial charge >= 0.3 is 5.97 Å². The lowest BCUT2D eigenvalue weighted by atomic mass is 10.2. The van der Waals surface area contributed by atoms with Gasteiger partial charge in [0.15, 0.2) is 0 Å². The molecule has 1 rings (SSSR count). The van der Waals surface area contributed by atoms with Crippen molar-refractivity contribution in [2.75, 3.05) is 13.2 Å². The summed E-state index contributed by atoms with van der Waals surface area (Å²) in [4.78, 5) is 21.9. The molecule has 0 aromatic heterocycles. The van der Waals surface area contributed by atoms with E-state index in [0.29, 0.717) is 13.0 Å². The van der Waals surface area contributed by atoms with Crippen molar-refractivity contribution in [1.29, 1.82) is 0 Å². The van der Waals surface area contributed by atoms with Gasteiger partial charge in [-0.2, -0.15) is 0 Å². The van der Waals surface area contributed by atoms with Gasteiger partial charge in [-0.05, 0) is 0 Å². The van der Waals surface area contributed by atoms with Crippen molar-refractivity contribution in [1.82, 2.24) is 0 Å². The van der Waals surface area contributed by atoms with Gasteiger partial charge in [-0.1, -0.05) is 6.92 Å². The number of hydrogen-bond acceptors (Lipinski definition) is 4. The minimum absolute atomic E-state index is 0.0911. The van der Waals surface area contributed by atoms with Crippen molar-refractivity contribution in [2.45, 2.75) is 26.2 Å². The predicted molar refractivity (Wildman–Crippen MR) is 49.5 cm³/mol. The van der Waals surface area contributed by atoms with Crippen LogP contribution in [-0.4, -0.2) is 25.0 Å². The van der Waals surface area contributed by atoms with Gasteiger partial charge in [-0.3, -0.25) is 9.59 Å². The average molecular weight is 198 g/mol. The lowest BCUT2D eigenvalue weighted by molar-refractivity contribution is -0.145. The fourth-order valence-corrected chi connectivity index (χ4v) is 1.04. The van der Waals surface area contributed by atoms with E-state index in [1.54, 1.807) is 13.2 Å². The molecule has 1 heterocycles. The van der Waals surface area contributed by atoms with Crippen LogP contribution in [-0.2, 0) is 19.1 Å². The molecule has 0 N–H and O–H groups in total. The van der Waals surface area contributed by atoms with E-state index in [4.69, 9.17) is 9.47 Å². The van der Waals surface area contributed by atoms with Gasteiger partial charge in [-0.25, -0.2) is 0 Å². The maximum atomic E-state index is 11.1. The number of esters is 1. The summed E-state index contributed by atoms with van der Waals surface area (Å²) in [7, 11) is 0. The summed E-state index contributed by atoms with van der Waals surface area (Å²) >= 11 is 0. The number of carbonyl (C=O) groups is 2. The fourth-order valence-electron chi connectivity index (χ4n) is 1.04. The number of ether oxygens (including phenoxy) is 2. The smallest absolute Gasteiger partial charge is 0.313 e. The third-order valence-corrected chi connectivity index (χ3v) is 1.95. The Kier molecular flexibility index (Phi) is 4.16. The fraction of sp³-hybridized carbons (Fsp3) is 0.600. The molecule has 1 aliphatic heterocycles. The Morgan fingerprint density at radius 1 is 1.57 bits per heavy atom. The summed E-state index contributed by atoms with van der Waals surface area (Å²) in [5, 5.41) is 0. The Labute approximate surface area is 82.9 Å². The van der Waals surface area contributed by atoms with Crippen LogP contribution in [0, 0.1) is 0 Å². The Hall–Kier alpha value is -1.32. The summed E-state index contributed by atoms with van der Waals surface area (Å²) in [5.74, 6) is -0.545. The summed E-state index contributed by atoms with van der Waals surface area (Å²) in [6, 6.07) is 0. The van der Waals surface area contributed by atoms with Gasteiger partial charge in [0.25, 0.3) is 0 Å². The number of rotatable bonds is 5. The Bertz CT molecular complexity index is 255. The largest absolute Gasteiger partial charge is 0.501 e. The predicted octanol–water partition coefficient (Wildman–Crippen LogP) is 1.20. The van der Waals surface area contributed by atoms with Gasteiger partial charge in [0.2, 0.25) is 0 Å². The van der Waals surface area contributed by atoms with Crippen LogP contribution < -0.4 is 0 Å². The molecule has 14 heavy (non-hydrogen) atoms. The summed E-state index contributed by atoms with van der Waals surface area (Å²) in [5.41, 5.74) is 0.960. The zero-order valence-electron chi connectivity index (χ0n) is 8.25. The SMILES string of the molecule is CCC(=O)CC(=O)OCC1=COCC1. The molecule has 0 atom stereocenters. The van der Waals surface area contributed by atoms with Crippen LogP contribution in [0.15, 0.2) is 11.8 Å². The minimum atomic E-state index is -0.454. The first-order valence-corrected chi connectivity index (χ1v) is 4.69. The molecule has 0 aromatic rings. The molecule has 0 radical (unpaired) electrons. The van der Waals surface area contributed by atoms with Crippen LogP contribution in [0.5, 0.6) is 0 Å². The van der Waals surface area contributed by atoms with E-state index in [1.807, 2.05) is 0 Å². The second-order valence-corrected chi connectivity index (χ2v) is 3.13. The monoisotopic (exact) mass is 198 g/mol. The summed E-state index contributed by atoms with van der Waals surface area (Å²) < 4.78 is 9.86. The lowest BCUT2D eigenvalue weighted by Crippen LogP contribution is -2.11. The first-order valence-electron chi connectivity index (χ1n) is 4.69. The van der Waals surface area contributed by atoms with Crippen LogP contribution in [0.3, 0.4) is 0 Å². The highest BCUT2D eigenvalue weighted by atomic mass is 16.5. The van der Waals surface area contributed by atoms with Crippen molar-refractivity contribution in [3.8, 4) is 0 Å². The minimum Gasteiger partial charge on any atom is -0.501 e. The third kappa shape index (κ3) is 3.60. The van der Waals surface area contributed by atoms with E-state index >= 15 is 0 Å². The molecular formula is C10H14O4. The highest BCUT2D eigenvalue weighted by molar-refractivity contribution is 5.95. The van der Waals surface area contributed by atoms with Gasteiger partial charge < -0.3 is 9.47 Å². The van der Waals surface area contributed by atoms with Crippen LogP contribution in [0.4, 0.5) is 0 Å². The van der Waals surface area contributed by atoms with Crippen LogP contribution in [0.1, 0.15) is 26.2 Å². The molecule has 0 fully saturated rings. The zero-order valence-corrected chi connectivity index (χ0v) is 8.25. The Morgan fingerprint density at radius 3 is 2.93 bits per heavy atom. The van der Waals surface area contributed by atoms with Crippen molar-refractivity contribution < 1.29 is 19.1 Å². The number of Topliss-reactive ketones (excluding diaryl/α,β-unsaturated/α-hetero) is 1. The lowest BCUT2D eigenvalue weighted by Gasteiger charge is -2.02. The van der Waals surface area contributed by atoms with Crippen molar-refractivity contribution >= 4 is 11.8 Å². The van der Waals surface area contributed by atoms with Gasteiger partial charge in [0.05, 0.1) is 12.9 Å². The van der Waals surface area contributed by atoms with E-state index in [-0.39, 0.29) is 18.8 Å². The molecule has 4 nitrogen and oxygen atoms in total. The van der Waals surface area contributed by atoms with Crippen molar-refractivity contribution in [3.63, 3.8) is 0 Å². The quantitative estimate of drug-likeness (QED) is 0.492. The molecule has 78 valence electrons.